The largest absolute Gasteiger partial charge is 0.359 e. The van der Waals surface area contributed by atoms with Gasteiger partial charge in [0.2, 0.25) is 0 Å². The van der Waals surface area contributed by atoms with E-state index in [1.165, 1.54) is 11.1 Å². The van der Waals surface area contributed by atoms with Gasteiger partial charge < -0.3 is 10.2 Å². The molecule has 3 aromatic rings. The second kappa shape index (κ2) is 9.08. The monoisotopic (exact) mass is 375 g/mol. The topological polar surface area (TPSA) is 71.0 Å². The number of amides is 1. The minimum Gasteiger partial charge on any atom is -0.359 e. The normalized spacial score (nSPS) is 10.5. The van der Waals surface area contributed by atoms with Gasteiger partial charge in [-0.1, -0.05) is 29.8 Å². The smallest absolute Gasteiger partial charge is 0.270 e. The highest BCUT2D eigenvalue weighted by molar-refractivity contribution is 5.92. The molecule has 0 spiro atoms. The summed E-state index contributed by atoms with van der Waals surface area (Å²) in [5.74, 6) is 1.12. The minimum atomic E-state index is -0.199. The predicted octanol–water partition coefficient (Wildman–Crippen LogP) is 3.10. The van der Waals surface area contributed by atoms with Gasteiger partial charge in [0.15, 0.2) is 0 Å². The summed E-state index contributed by atoms with van der Waals surface area (Å²) in [7, 11) is 1.97. The molecule has 144 valence electrons. The Bertz CT molecular complexity index is 925. The number of nitrogens with zero attached hydrogens (tertiary/aromatic N) is 4. The zero-order valence-electron chi connectivity index (χ0n) is 16.5. The Morgan fingerprint density at radius 2 is 1.71 bits per heavy atom. The van der Waals surface area contributed by atoms with E-state index in [-0.39, 0.29) is 5.91 Å². The van der Waals surface area contributed by atoms with Crippen LogP contribution in [0.25, 0.3) is 0 Å². The number of carbonyl (C=O) groups excluding carboxylic acids is 1. The minimum absolute atomic E-state index is 0.199. The first-order chi connectivity index (χ1) is 13.5. The Morgan fingerprint density at radius 3 is 2.43 bits per heavy atom. The Morgan fingerprint density at radius 1 is 1.00 bits per heavy atom. The highest BCUT2D eigenvalue weighted by Gasteiger charge is 2.13. The Hall–Kier alpha value is -3.28. The van der Waals surface area contributed by atoms with E-state index in [2.05, 4.69) is 20.3 Å². The number of likely N-dealkylation sites (N-methyl/N-ethyl adjacent to an activating group) is 1. The highest BCUT2D eigenvalue weighted by Crippen LogP contribution is 2.13. The molecule has 0 saturated carbocycles. The second-order valence-corrected chi connectivity index (χ2v) is 6.85. The van der Waals surface area contributed by atoms with Crippen molar-refractivity contribution in [1.82, 2.24) is 20.3 Å². The molecule has 0 radical (unpaired) electrons. The summed E-state index contributed by atoms with van der Waals surface area (Å²) in [5.41, 5.74) is 3.84. The van der Waals surface area contributed by atoms with Crippen LogP contribution in [0.4, 0.5) is 5.82 Å². The summed E-state index contributed by atoms with van der Waals surface area (Å²) < 4.78 is 0. The van der Waals surface area contributed by atoms with Crippen LogP contribution in [0.5, 0.6) is 0 Å². The van der Waals surface area contributed by atoms with Crippen molar-refractivity contribution < 1.29 is 4.79 Å². The van der Waals surface area contributed by atoms with Crippen LogP contribution in [0, 0.1) is 13.8 Å². The maximum atomic E-state index is 12.6. The van der Waals surface area contributed by atoms with E-state index < -0.39 is 0 Å². The van der Waals surface area contributed by atoms with Gasteiger partial charge in [-0.3, -0.25) is 9.78 Å². The number of carbonyl (C=O) groups is 1. The molecule has 0 aliphatic heterocycles. The molecule has 0 saturated heterocycles. The van der Waals surface area contributed by atoms with E-state index in [9.17, 15) is 4.79 Å². The average molecular weight is 375 g/mol. The first kappa shape index (κ1) is 19.5. The van der Waals surface area contributed by atoms with Crippen LogP contribution in [-0.2, 0) is 13.0 Å². The van der Waals surface area contributed by atoms with Crippen molar-refractivity contribution in [2.24, 2.45) is 0 Å². The average Bonchev–Trinajstić information content (AvgIpc) is 2.71. The fraction of sp³-hybridized carbons (Fsp3) is 0.273. The zero-order chi connectivity index (χ0) is 19.9. The van der Waals surface area contributed by atoms with Crippen LogP contribution < -0.4 is 10.2 Å². The summed E-state index contributed by atoms with van der Waals surface area (Å²) in [6.07, 6.45) is 4.46. The fourth-order valence-electron chi connectivity index (χ4n) is 2.80. The third kappa shape index (κ3) is 5.36. The number of aromatic nitrogens is 3. The summed E-state index contributed by atoms with van der Waals surface area (Å²) in [6.45, 7) is 5.09. The molecule has 6 nitrogen and oxygen atoms in total. The summed E-state index contributed by atoms with van der Waals surface area (Å²) in [5, 5.41) is 2.93. The van der Waals surface area contributed by atoms with E-state index in [1.54, 1.807) is 25.4 Å². The summed E-state index contributed by atoms with van der Waals surface area (Å²) >= 11 is 0. The maximum Gasteiger partial charge on any atom is 0.270 e. The molecule has 1 aromatic carbocycles. The van der Waals surface area contributed by atoms with Crippen molar-refractivity contribution in [3.05, 3.63) is 83.1 Å². The molecule has 3 rings (SSSR count). The molecule has 0 bridgehead atoms. The molecular weight excluding hydrogens is 350 g/mol. The number of benzene rings is 1. The van der Waals surface area contributed by atoms with Gasteiger partial charge in [0, 0.05) is 38.6 Å². The lowest BCUT2D eigenvalue weighted by Gasteiger charge is -2.19. The standard InChI is InChI=1S/C22H25N5O/c1-16-4-6-19(7-5-16)15-24-22(28)20-14-21(26-17(2)25-20)27(3)13-10-18-8-11-23-12-9-18/h4-9,11-12,14H,10,13,15H2,1-3H3,(H,24,28). The van der Waals surface area contributed by atoms with Crippen molar-refractivity contribution in [2.75, 3.05) is 18.5 Å². The molecule has 2 aromatic heterocycles. The van der Waals surface area contributed by atoms with Crippen LogP contribution in [0.1, 0.15) is 33.0 Å². The molecule has 0 unspecified atom stereocenters. The lowest BCUT2D eigenvalue weighted by molar-refractivity contribution is 0.0945. The van der Waals surface area contributed by atoms with E-state index in [4.69, 9.17) is 0 Å². The van der Waals surface area contributed by atoms with Gasteiger partial charge in [-0.2, -0.15) is 0 Å². The number of pyridine rings is 1. The molecule has 28 heavy (non-hydrogen) atoms. The van der Waals surface area contributed by atoms with Crippen LogP contribution in [0.3, 0.4) is 0 Å². The van der Waals surface area contributed by atoms with Crippen LogP contribution in [-0.4, -0.2) is 34.5 Å². The van der Waals surface area contributed by atoms with Gasteiger partial charge in [0.1, 0.15) is 17.3 Å². The molecule has 0 aliphatic rings. The molecular formula is C22H25N5O. The van der Waals surface area contributed by atoms with Gasteiger partial charge in [-0.25, -0.2) is 9.97 Å². The summed E-state index contributed by atoms with van der Waals surface area (Å²) in [6, 6.07) is 13.8. The molecule has 1 N–H and O–H groups in total. The lowest BCUT2D eigenvalue weighted by Crippen LogP contribution is -2.26. The first-order valence-electron chi connectivity index (χ1n) is 9.31. The first-order valence-corrected chi connectivity index (χ1v) is 9.31. The van der Waals surface area contributed by atoms with E-state index in [0.717, 1.165) is 24.3 Å². The fourth-order valence-corrected chi connectivity index (χ4v) is 2.80. The second-order valence-electron chi connectivity index (χ2n) is 6.85. The van der Waals surface area contributed by atoms with Crippen molar-refractivity contribution in [3.8, 4) is 0 Å². The molecule has 6 heteroatoms. The van der Waals surface area contributed by atoms with Gasteiger partial charge in [0.05, 0.1) is 0 Å². The third-order valence-electron chi connectivity index (χ3n) is 4.51. The molecule has 0 aliphatic carbocycles. The van der Waals surface area contributed by atoms with Crippen molar-refractivity contribution in [2.45, 2.75) is 26.8 Å². The number of aryl methyl sites for hydroxylation is 2. The number of rotatable bonds is 7. The number of anilines is 1. The number of hydrogen-bond donors (Lipinski definition) is 1. The van der Waals surface area contributed by atoms with E-state index in [1.807, 2.05) is 55.3 Å². The SMILES string of the molecule is Cc1ccc(CNC(=O)c2cc(N(C)CCc3ccncc3)nc(C)n2)cc1. The van der Waals surface area contributed by atoms with Crippen molar-refractivity contribution in [3.63, 3.8) is 0 Å². The van der Waals surface area contributed by atoms with E-state index in [0.29, 0.717) is 18.1 Å². The third-order valence-corrected chi connectivity index (χ3v) is 4.51. The highest BCUT2D eigenvalue weighted by atomic mass is 16.1. The maximum absolute atomic E-state index is 12.6. The van der Waals surface area contributed by atoms with Gasteiger partial charge in [-0.15, -0.1) is 0 Å². The lowest BCUT2D eigenvalue weighted by atomic mass is 10.1. The summed E-state index contributed by atoms with van der Waals surface area (Å²) in [4.78, 5) is 27.4. The van der Waals surface area contributed by atoms with Crippen LogP contribution in [0.15, 0.2) is 54.9 Å². The molecule has 0 atom stereocenters. The number of nitrogens with one attached hydrogen (secondary N) is 1. The molecule has 2 heterocycles. The quantitative estimate of drug-likeness (QED) is 0.687. The van der Waals surface area contributed by atoms with E-state index >= 15 is 0 Å². The van der Waals surface area contributed by atoms with Crippen molar-refractivity contribution in [1.29, 1.82) is 0 Å². The Labute approximate surface area is 165 Å². The Kier molecular flexibility index (Phi) is 6.32. The number of hydrogen-bond acceptors (Lipinski definition) is 5. The zero-order valence-corrected chi connectivity index (χ0v) is 16.5. The van der Waals surface area contributed by atoms with Gasteiger partial charge >= 0.3 is 0 Å². The van der Waals surface area contributed by atoms with Crippen LogP contribution in [0.2, 0.25) is 0 Å². The predicted molar refractivity (Wildman–Crippen MR) is 110 cm³/mol. The van der Waals surface area contributed by atoms with Crippen LogP contribution >= 0.6 is 0 Å². The molecule has 0 fully saturated rings. The molecule has 1 amide bonds. The van der Waals surface area contributed by atoms with Gasteiger partial charge in [-0.05, 0) is 43.5 Å². The van der Waals surface area contributed by atoms with Gasteiger partial charge in [0.25, 0.3) is 5.91 Å². The van der Waals surface area contributed by atoms with Crippen molar-refractivity contribution >= 4 is 11.7 Å². The Balaban J connectivity index is 1.64.